The largest absolute Gasteiger partial charge is 0.294 e. The standard InChI is InChI=1S/C18H20O/c1-4-18-11-10-15(17(18,2)3)14(16(18)19)12-13-8-6-5-7-9-13/h4-9,12,15H,1,10-11H2,2-3H3. The van der Waals surface area contributed by atoms with Gasteiger partial charge >= 0.3 is 0 Å². The fourth-order valence-corrected chi connectivity index (χ4v) is 4.08. The van der Waals surface area contributed by atoms with Crippen LogP contribution in [0.2, 0.25) is 0 Å². The topological polar surface area (TPSA) is 17.1 Å². The predicted octanol–water partition coefficient (Wildman–Crippen LogP) is 4.26. The molecule has 0 aliphatic heterocycles. The van der Waals surface area contributed by atoms with E-state index >= 15 is 0 Å². The van der Waals surface area contributed by atoms with E-state index in [9.17, 15) is 4.79 Å². The first-order chi connectivity index (χ1) is 9.03. The Hall–Kier alpha value is -1.63. The minimum absolute atomic E-state index is 0.00640. The SMILES string of the molecule is C=CC12CCC(C(=Cc3ccccc3)C1=O)C2(C)C. The first kappa shape index (κ1) is 12.4. The summed E-state index contributed by atoms with van der Waals surface area (Å²) in [6.45, 7) is 8.39. The second-order valence-corrected chi connectivity index (χ2v) is 6.33. The van der Waals surface area contributed by atoms with Crippen LogP contribution in [0.15, 0.2) is 48.6 Å². The van der Waals surface area contributed by atoms with Gasteiger partial charge in [-0.15, -0.1) is 6.58 Å². The molecule has 2 aliphatic rings. The van der Waals surface area contributed by atoms with Gasteiger partial charge in [0.05, 0.1) is 5.41 Å². The lowest BCUT2D eigenvalue weighted by molar-refractivity contribution is -0.123. The summed E-state index contributed by atoms with van der Waals surface area (Å²) >= 11 is 0. The fourth-order valence-electron chi connectivity index (χ4n) is 4.08. The molecule has 1 nitrogen and oxygen atoms in total. The number of allylic oxidation sites excluding steroid dienone is 2. The van der Waals surface area contributed by atoms with E-state index in [4.69, 9.17) is 0 Å². The molecule has 0 amide bonds. The number of hydrogen-bond acceptors (Lipinski definition) is 1. The van der Waals surface area contributed by atoms with Crippen molar-refractivity contribution in [2.75, 3.05) is 0 Å². The third kappa shape index (κ3) is 1.44. The number of Topliss-reactive ketones (excluding diaryl/α,β-unsaturated/α-hetero) is 1. The van der Waals surface area contributed by atoms with E-state index in [1.807, 2.05) is 24.3 Å². The molecule has 2 saturated carbocycles. The second kappa shape index (κ2) is 3.93. The quantitative estimate of drug-likeness (QED) is 0.567. The smallest absolute Gasteiger partial charge is 0.169 e. The second-order valence-electron chi connectivity index (χ2n) is 6.33. The van der Waals surface area contributed by atoms with Gasteiger partial charge in [0, 0.05) is 5.57 Å². The lowest BCUT2D eigenvalue weighted by Crippen LogP contribution is -2.33. The summed E-state index contributed by atoms with van der Waals surface area (Å²) in [6.07, 6.45) is 6.04. The monoisotopic (exact) mass is 252 g/mol. The number of rotatable bonds is 2. The predicted molar refractivity (Wildman–Crippen MR) is 78.6 cm³/mol. The molecular formula is C18H20O. The van der Waals surface area contributed by atoms with E-state index in [0.717, 1.165) is 24.0 Å². The molecule has 1 aromatic rings. The molecule has 0 radical (unpaired) electrons. The highest BCUT2D eigenvalue weighted by atomic mass is 16.1. The van der Waals surface area contributed by atoms with Crippen LogP contribution in [-0.2, 0) is 4.79 Å². The Kier molecular flexibility index (Phi) is 2.57. The molecule has 98 valence electrons. The summed E-state index contributed by atoms with van der Waals surface area (Å²) < 4.78 is 0. The molecule has 0 heterocycles. The Morgan fingerprint density at radius 3 is 2.53 bits per heavy atom. The summed E-state index contributed by atoms with van der Waals surface area (Å²) in [5.41, 5.74) is 1.79. The average Bonchev–Trinajstić information content (AvgIpc) is 2.75. The van der Waals surface area contributed by atoms with E-state index in [-0.39, 0.29) is 10.8 Å². The number of carbonyl (C=O) groups is 1. The third-order valence-corrected chi connectivity index (χ3v) is 5.36. The van der Waals surface area contributed by atoms with Crippen molar-refractivity contribution in [2.45, 2.75) is 26.7 Å². The van der Waals surface area contributed by atoms with Crippen molar-refractivity contribution in [3.8, 4) is 0 Å². The van der Waals surface area contributed by atoms with Crippen LogP contribution in [0.5, 0.6) is 0 Å². The molecule has 2 unspecified atom stereocenters. The molecule has 2 fully saturated rings. The number of carbonyl (C=O) groups excluding carboxylic acids is 1. The average molecular weight is 252 g/mol. The first-order valence-electron chi connectivity index (χ1n) is 6.98. The molecule has 1 aromatic carbocycles. The van der Waals surface area contributed by atoms with Gasteiger partial charge in [-0.2, -0.15) is 0 Å². The Balaban J connectivity index is 2.10. The van der Waals surface area contributed by atoms with Crippen LogP contribution in [0.25, 0.3) is 6.08 Å². The maximum atomic E-state index is 12.8. The molecule has 19 heavy (non-hydrogen) atoms. The highest BCUT2D eigenvalue weighted by Crippen LogP contribution is 2.66. The van der Waals surface area contributed by atoms with Crippen molar-refractivity contribution in [2.24, 2.45) is 16.7 Å². The zero-order valence-corrected chi connectivity index (χ0v) is 11.6. The molecule has 2 atom stereocenters. The minimum atomic E-state index is -0.335. The molecule has 0 saturated heterocycles. The Morgan fingerprint density at radius 2 is 1.95 bits per heavy atom. The molecule has 2 bridgehead atoms. The van der Waals surface area contributed by atoms with Crippen molar-refractivity contribution >= 4 is 11.9 Å². The molecule has 0 aromatic heterocycles. The van der Waals surface area contributed by atoms with Crippen molar-refractivity contribution in [3.05, 3.63) is 54.1 Å². The first-order valence-corrected chi connectivity index (χ1v) is 6.98. The molecule has 1 heteroatoms. The van der Waals surface area contributed by atoms with Gasteiger partial charge in [-0.25, -0.2) is 0 Å². The van der Waals surface area contributed by atoms with Gasteiger partial charge in [0.25, 0.3) is 0 Å². The van der Waals surface area contributed by atoms with Crippen LogP contribution in [0, 0.1) is 16.7 Å². The van der Waals surface area contributed by atoms with E-state index in [2.05, 4.69) is 38.6 Å². The van der Waals surface area contributed by atoms with Crippen molar-refractivity contribution in [3.63, 3.8) is 0 Å². The van der Waals surface area contributed by atoms with Gasteiger partial charge < -0.3 is 0 Å². The summed E-state index contributed by atoms with van der Waals surface area (Å²) in [6, 6.07) is 10.1. The van der Waals surface area contributed by atoms with E-state index in [1.165, 1.54) is 0 Å². The zero-order valence-electron chi connectivity index (χ0n) is 11.6. The molecule has 0 N–H and O–H groups in total. The van der Waals surface area contributed by atoms with Crippen LogP contribution >= 0.6 is 0 Å². The summed E-state index contributed by atoms with van der Waals surface area (Å²) in [7, 11) is 0. The maximum Gasteiger partial charge on any atom is 0.169 e. The van der Waals surface area contributed by atoms with Gasteiger partial charge in [-0.3, -0.25) is 4.79 Å². The zero-order chi connectivity index (χ0) is 13.7. The lowest BCUT2D eigenvalue weighted by atomic mass is 9.69. The number of fused-ring (bicyclic) bond motifs is 2. The highest BCUT2D eigenvalue weighted by molar-refractivity contribution is 6.09. The molecule has 2 aliphatic carbocycles. The summed E-state index contributed by atoms with van der Waals surface area (Å²) in [5, 5.41) is 0. The van der Waals surface area contributed by atoms with Crippen LogP contribution < -0.4 is 0 Å². The van der Waals surface area contributed by atoms with Crippen LogP contribution in [0.3, 0.4) is 0 Å². The van der Waals surface area contributed by atoms with Gasteiger partial charge in [0.15, 0.2) is 5.78 Å². The fraction of sp³-hybridized carbons (Fsp3) is 0.389. The van der Waals surface area contributed by atoms with Gasteiger partial charge in [0.2, 0.25) is 0 Å². The molecule has 0 spiro atoms. The Morgan fingerprint density at radius 1 is 1.26 bits per heavy atom. The number of benzene rings is 1. The summed E-state index contributed by atoms with van der Waals surface area (Å²) in [4.78, 5) is 12.8. The van der Waals surface area contributed by atoms with Crippen molar-refractivity contribution in [1.82, 2.24) is 0 Å². The van der Waals surface area contributed by atoms with Crippen molar-refractivity contribution in [1.29, 1.82) is 0 Å². The lowest BCUT2D eigenvalue weighted by Gasteiger charge is -2.32. The number of ketones is 1. The summed E-state index contributed by atoms with van der Waals surface area (Å²) in [5.74, 6) is 0.672. The molecule has 3 rings (SSSR count). The minimum Gasteiger partial charge on any atom is -0.294 e. The van der Waals surface area contributed by atoms with E-state index in [1.54, 1.807) is 0 Å². The van der Waals surface area contributed by atoms with E-state index in [0.29, 0.717) is 11.7 Å². The van der Waals surface area contributed by atoms with Gasteiger partial charge in [-0.1, -0.05) is 50.3 Å². The normalized spacial score (nSPS) is 33.9. The van der Waals surface area contributed by atoms with Gasteiger partial charge in [-0.05, 0) is 35.8 Å². The highest BCUT2D eigenvalue weighted by Gasteiger charge is 2.64. The van der Waals surface area contributed by atoms with Crippen LogP contribution in [0.4, 0.5) is 0 Å². The number of hydrogen-bond donors (Lipinski definition) is 0. The Labute approximate surface area is 115 Å². The van der Waals surface area contributed by atoms with Crippen LogP contribution in [0.1, 0.15) is 32.3 Å². The Bertz CT molecular complexity index is 565. The van der Waals surface area contributed by atoms with Gasteiger partial charge in [0.1, 0.15) is 0 Å². The third-order valence-electron chi connectivity index (χ3n) is 5.36. The van der Waals surface area contributed by atoms with Crippen molar-refractivity contribution < 1.29 is 4.79 Å². The maximum absolute atomic E-state index is 12.8. The van der Waals surface area contributed by atoms with Crippen LogP contribution in [-0.4, -0.2) is 5.78 Å². The van der Waals surface area contributed by atoms with E-state index < -0.39 is 0 Å². The molecular weight excluding hydrogens is 232 g/mol.